The Labute approximate surface area is 91.4 Å². The van der Waals surface area contributed by atoms with Crippen LogP contribution in [0.4, 0.5) is 0 Å². The van der Waals surface area contributed by atoms with E-state index in [1.165, 1.54) is 5.56 Å². The molecule has 0 radical (unpaired) electrons. The van der Waals surface area contributed by atoms with Crippen molar-refractivity contribution in [2.75, 3.05) is 0 Å². The Morgan fingerprint density at radius 1 is 1.33 bits per heavy atom. The Hall–Kier alpha value is -0.860. The van der Waals surface area contributed by atoms with Gasteiger partial charge >= 0.3 is 0 Å². The van der Waals surface area contributed by atoms with Crippen molar-refractivity contribution in [3.63, 3.8) is 0 Å². The van der Waals surface area contributed by atoms with Crippen molar-refractivity contribution >= 4 is 0 Å². The molecule has 0 saturated heterocycles. The van der Waals surface area contributed by atoms with Crippen LogP contribution in [-0.2, 0) is 11.3 Å². The minimum Gasteiger partial charge on any atom is -0.373 e. The zero-order valence-electron chi connectivity index (χ0n) is 9.44. The van der Waals surface area contributed by atoms with Gasteiger partial charge in [-0.1, -0.05) is 44.2 Å². The second-order valence-corrected chi connectivity index (χ2v) is 4.95. The SMILES string of the molecule is CC1(C)[C@@H](OCc2ccccc2)C[C@@H]1N. The molecule has 0 aliphatic heterocycles. The second kappa shape index (κ2) is 3.95. The Bertz CT molecular complexity index is 321. The average Bonchev–Trinajstić information content (AvgIpc) is 2.25. The van der Waals surface area contributed by atoms with Gasteiger partial charge in [-0.2, -0.15) is 0 Å². The van der Waals surface area contributed by atoms with Gasteiger partial charge in [0.15, 0.2) is 0 Å². The molecule has 2 atom stereocenters. The Kier molecular flexibility index (Phi) is 2.81. The predicted octanol–water partition coefficient (Wildman–Crippen LogP) is 2.33. The number of ether oxygens (including phenoxy) is 1. The first-order valence-corrected chi connectivity index (χ1v) is 5.52. The van der Waals surface area contributed by atoms with E-state index in [4.69, 9.17) is 10.5 Å². The normalized spacial score (nSPS) is 28.5. The van der Waals surface area contributed by atoms with Gasteiger partial charge < -0.3 is 10.5 Å². The number of hydrogen-bond acceptors (Lipinski definition) is 2. The smallest absolute Gasteiger partial charge is 0.0720 e. The van der Waals surface area contributed by atoms with Crippen molar-refractivity contribution in [1.82, 2.24) is 0 Å². The molecule has 0 heterocycles. The Morgan fingerprint density at radius 3 is 2.53 bits per heavy atom. The molecule has 2 N–H and O–H groups in total. The summed E-state index contributed by atoms with van der Waals surface area (Å²) in [5, 5.41) is 0. The monoisotopic (exact) mass is 205 g/mol. The van der Waals surface area contributed by atoms with Crippen LogP contribution in [0.5, 0.6) is 0 Å². The zero-order chi connectivity index (χ0) is 10.9. The van der Waals surface area contributed by atoms with E-state index < -0.39 is 0 Å². The summed E-state index contributed by atoms with van der Waals surface area (Å²) < 4.78 is 5.87. The molecule has 0 spiro atoms. The van der Waals surface area contributed by atoms with Crippen LogP contribution in [0.1, 0.15) is 25.8 Å². The van der Waals surface area contributed by atoms with E-state index in [-0.39, 0.29) is 5.41 Å². The van der Waals surface area contributed by atoms with Crippen LogP contribution in [0.15, 0.2) is 30.3 Å². The first-order chi connectivity index (χ1) is 7.10. The van der Waals surface area contributed by atoms with E-state index in [9.17, 15) is 0 Å². The van der Waals surface area contributed by atoms with Crippen LogP contribution in [0, 0.1) is 5.41 Å². The summed E-state index contributed by atoms with van der Waals surface area (Å²) in [6.07, 6.45) is 1.30. The lowest BCUT2D eigenvalue weighted by molar-refractivity contribution is -0.115. The topological polar surface area (TPSA) is 35.2 Å². The number of benzene rings is 1. The summed E-state index contributed by atoms with van der Waals surface area (Å²) in [7, 11) is 0. The molecule has 15 heavy (non-hydrogen) atoms. The van der Waals surface area contributed by atoms with Gasteiger partial charge in [-0.3, -0.25) is 0 Å². The molecular formula is C13H19NO. The molecule has 1 saturated carbocycles. The number of hydrogen-bond donors (Lipinski definition) is 1. The van der Waals surface area contributed by atoms with E-state index in [2.05, 4.69) is 26.0 Å². The molecule has 0 unspecified atom stereocenters. The van der Waals surface area contributed by atoms with E-state index in [0.717, 1.165) is 6.42 Å². The van der Waals surface area contributed by atoms with E-state index in [0.29, 0.717) is 18.8 Å². The molecule has 82 valence electrons. The van der Waals surface area contributed by atoms with Crippen LogP contribution in [-0.4, -0.2) is 12.1 Å². The molecule has 1 aromatic rings. The van der Waals surface area contributed by atoms with Crippen molar-refractivity contribution < 1.29 is 4.74 Å². The lowest BCUT2D eigenvalue weighted by Gasteiger charge is -2.49. The van der Waals surface area contributed by atoms with Gasteiger partial charge in [0.25, 0.3) is 0 Å². The fraction of sp³-hybridized carbons (Fsp3) is 0.538. The summed E-state index contributed by atoms with van der Waals surface area (Å²) >= 11 is 0. The number of rotatable bonds is 3. The molecule has 2 rings (SSSR count). The highest BCUT2D eigenvalue weighted by Crippen LogP contribution is 2.41. The van der Waals surface area contributed by atoms with Crippen molar-refractivity contribution in [3.05, 3.63) is 35.9 Å². The van der Waals surface area contributed by atoms with Gasteiger partial charge in [-0.25, -0.2) is 0 Å². The Morgan fingerprint density at radius 2 is 2.00 bits per heavy atom. The molecule has 0 aromatic heterocycles. The highest BCUT2D eigenvalue weighted by molar-refractivity contribution is 5.13. The standard InChI is InChI=1S/C13H19NO/c1-13(2)11(14)8-12(13)15-9-10-6-4-3-5-7-10/h3-7,11-12H,8-9,14H2,1-2H3/t11-,12-/m0/s1. The lowest BCUT2D eigenvalue weighted by Crippen LogP contribution is -2.58. The molecule has 1 aliphatic rings. The first-order valence-electron chi connectivity index (χ1n) is 5.52. The zero-order valence-corrected chi connectivity index (χ0v) is 9.44. The molecule has 1 aliphatic carbocycles. The quantitative estimate of drug-likeness (QED) is 0.822. The second-order valence-electron chi connectivity index (χ2n) is 4.95. The van der Waals surface area contributed by atoms with Crippen LogP contribution >= 0.6 is 0 Å². The van der Waals surface area contributed by atoms with Crippen LogP contribution in [0.3, 0.4) is 0 Å². The Balaban J connectivity index is 1.85. The highest BCUT2D eigenvalue weighted by atomic mass is 16.5. The molecule has 1 fully saturated rings. The largest absolute Gasteiger partial charge is 0.373 e. The maximum Gasteiger partial charge on any atom is 0.0720 e. The number of nitrogens with two attached hydrogens (primary N) is 1. The molecule has 0 bridgehead atoms. The third-order valence-electron chi connectivity index (χ3n) is 3.55. The molecule has 0 amide bonds. The van der Waals surface area contributed by atoms with E-state index in [1.807, 2.05) is 18.2 Å². The molecule has 1 aromatic carbocycles. The van der Waals surface area contributed by atoms with Gasteiger partial charge in [0.1, 0.15) is 0 Å². The van der Waals surface area contributed by atoms with Gasteiger partial charge in [0.2, 0.25) is 0 Å². The summed E-state index contributed by atoms with van der Waals surface area (Å²) in [5.74, 6) is 0. The minimum atomic E-state index is 0.134. The highest BCUT2D eigenvalue weighted by Gasteiger charge is 2.46. The van der Waals surface area contributed by atoms with Gasteiger partial charge in [0.05, 0.1) is 12.7 Å². The maximum absolute atomic E-state index is 5.94. The third-order valence-corrected chi connectivity index (χ3v) is 3.55. The van der Waals surface area contributed by atoms with Crippen molar-refractivity contribution in [1.29, 1.82) is 0 Å². The van der Waals surface area contributed by atoms with E-state index >= 15 is 0 Å². The van der Waals surface area contributed by atoms with Gasteiger partial charge in [-0.15, -0.1) is 0 Å². The summed E-state index contributed by atoms with van der Waals surface area (Å²) in [6.45, 7) is 5.05. The molecular weight excluding hydrogens is 186 g/mol. The summed E-state index contributed by atoms with van der Waals surface area (Å²) in [4.78, 5) is 0. The van der Waals surface area contributed by atoms with Crippen molar-refractivity contribution in [3.8, 4) is 0 Å². The minimum absolute atomic E-state index is 0.134. The lowest BCUT2D eigenvalue weighted by atomic mass is 9.65. The average molecular weight is 205 g/mol. The fourth-order valence-electron chi connectivity index (χ4n) is 1.97. The van der Waals surface area contributed by atoms with Crippen LogP contribution in [0.25, 0.3) is 0 Å². The molecule has 2 heteroatoms. The first kappa shape index (κ1) is 10.7. The molecule has 2 nitrogen and oxygen atoms in total. The fourth-order valence-corrected chi connectivity index (χ4v) is 1.97. The van der Waals surface area contributed by atoms with Crippen LogP contribution in [0.2, 0.25) is 0 Å². The van der Waals surface area contributed by atoms with Crippen LogP contribution < -0.4 is 5.73 Å². The van der Waals surface area contributed by atoms with Crippen molar-refractivity contribution in [2.24, 2.45) is 11.1 Å². The van der Waals surface area contributed by atoms with Gasteiger partial charge in [0, 0.05) is 11.5 Å². The third kappa shape index (κ3) is 2.06. The van der Waals surface area contributed by atoms with E-state index in [1.54, 1.807) is 0 Å². The maximum atomic E-state index is 5.94. The van der Waals surface area contributed by atoms with Gasteiger partial charge in [-0.05, 0) is 12.0 Å². The summed E-state index contributed by atoms with van der Waals surface area (Å²) in [6, 6.07) is 10.6. The summed E-state index contributed by atoms with van der Waals surface area (Å²) in [5.41, 5.74) is 7.30. The predicted molar refractivity (Wildman–Crippen MR) is 61.4 cm³/mol. The van der Waals surface area contributed by atoms with Crippen molar-refractivity contribution in [2.45, 2.75) is 39.0 Å².